The summed E-state index contributed by atoms with van der Waals surface area (Å²) in [6.07, 6.45) is 5.27. The molecule has 0 radical (unpaired) electrons. The van der Waals surface area contributed by atoms with Crippen LogP contribution in [-0.2, 0) is 4.79 Å². The number of nitrogens with zero attached hydrogens (tertiary/aromatic N) is 3. The van der Waals surface area contributed by atoms with Gasteiger partial charge in [-0.05, 0) is 32.3 Å². The molecule has 21 heavy (non-hydrogen) atoms. The Balaban J connectivity index is 1.95. The number of amides is 2. The van der Waals surface area contributed by atoms with E-state index >= 15 is 0 Å². The van der Waals surface area contributed by atoms with Crippen molar-refractivity contribution < 1.29 is 9.59 Å². The lowest BCUT2D eigenvalue weighted by Gasteiger charge is -2.21. The fourth-order valence-corrected chi connectivity index (χ4v) is 2.55. The van der Waals surface area contributed by atoms with Gasteiger partial charge in [-0.2, -0.15) is 0 Å². The van der Waals surface area contributed by atoms with Crippen LogP contribution in [0.5, 0.6) is 0 Å². The predicted octanol–water partition coefficient (Wildman–Crippen LogP) is 0.938. The zero-order valence-corrected chi connectivity index (χ0v) is 12.4. The molecule has 2 heterocycles. The van der Waals surface area contributed by atoms with E-state index in [4.69, 9.17) is 0 Å². The lowest BCUT2D eigenvalue weighted by Crippen LogP contribution is -2.40. The summed E-state index contributed by atoms with van der Waals surface area (Å²) in [4.78, 5) is 33.7. The Morgan fingerprint density at radius 3 is 2.86 bits per heavy atom. The van der Waals surface area contributed by atoms with Crippen LogP contribution in [0.25, 0.3) is 0 Å². The second-order valence-electron chi connectivity index (χ2n) is 5.29. The van der Waals surface area contributed by atoms with Crippen LogP contribution in [0.2, 0.25) is 0 Å². The first-order valence-electron chi connectivity index (χ1n) is 7.02. The fraction of sp³-hybridized carbons (Fsp3) is 0.467. The molecule has 2 rings (SSSR count). The summed E-state index contributed by atoms with van der Waals surface area (Å²) < 4.78 is 0. The minimum absolute atomic E-state index is 0.0264. The summed E-state index contributed by atoms with van der Waals surface area (Å²) in [5, 5.41) is 2.95. The zero-order chi connectivity index (χ0) is 15.4. The number of carbonyl (C=O) groups excluding carboxylic acids is 2. The van der Waals surface area contributed by atoms with E-state index in [1.807, 2.05) is 6.92 Å². The van der Waals surface area contributed by atoms with Gasteiger partial charge < -0.3 is 10.2 Å². The molecule has 1 aliphatic rings. The summed E-state index contributed by atoms with van der Waals surface area (Å²) in [5.74, 6) is -0.0304. The van der Waals surface area contributed by atoms with E-state index in [9.17, 15) is 9.59 Å². The Kier molecular flexibility index (Phi) is 4.67. The number of rotatable bonds is 4. The fourth-order valence-electron chi connectivity index (χ4n) is 2.55. The van der Waals surface area contributed by atoms with E-state index < -0.39 is 0 Å². The predicted molar refractivity (Wildman–Crippen MR) is 78.6 cm³/mol. The quantitative estimate of drug-likeness (QED) is 0.837. The van der Waals surface area contributed by atoms with Gasteiger partial charge in [0.2, 0.25) is 5.91 Å². The van der Waals surface area contributed by atoms with Crippen LogP contribution in [0.3, 0.4) is 0 Å². The summed E-state index contributed by atoms with van der Waals surface area (Å²) >= 11 is 0. The van der Waals surface area contributed by atoms with Crippen LogP contribution < -0.4 is 5.32 Å². The molecule has 1 aromatic heterocycles. The van der Waals surface area contributed by atoms with Crippen LogP contribution in [0.15, 0.2) is 25.0 Å². The van der Waals surface area contributed by atoms with Crippen molar-refractivity contribution in [1.29, 1.82) is 0 Å². The van der Waals surface area contributed by atoms with Gasteiger partial charge in [-0.15, -0.1) is 0 Å². The van der Waals surface area contributed by atoms with Crippen LogP contribution >= 0.6 is 0 Å². The third-order valence-electron chi connectivity index (χ3n) is 3.87. The van der Waals surface area contributed by atoms with E-state index in [1.54, 1.807) is 18.0 Å². The monoisotopic (exact) mass is 288 g/mol. The Hall–Kier alpha value is -2.24. The van der Waals surface area contributed by atoms with E-state index in [2.05, 4.69) is 21.9 Å². The molecule has 0 spiro atoms. The Morgan fingerprint density at radius 2 is 2.19 bits per heavy atom. The molecule has 0 aromatic carbocycles. The van der Waals surface area contributed by atoms with Crippen molar-refractivity contribution in [2.45, 2.75) is 26.3 Å². The van der Waals surface area contributed by atoms with E-state index in [1.165, 1.54) is 12.3 Å². The molecule has 1 aliphatic heterocycles. The van der Waals surface area contributed by atoms with Gasteiger partial charge in [0.15, 0.2) is 0 Å². The maximum atomic E-state index is 12.2. The van der Waals surface area contributed by atoms with Crippen LogP contribution in [0, 0.1) is 12.8 Å². The van der Waals surface area contributed by atoms with Gasteiger partial charge in [-0.3, -0.25) is 14.6 Å². The first kappa shape index (κ1) is 15.2. The molecule has 0 aliphatic carbocycles. The minimum Gasteiger partial charge on any atom is -0.348 e. The Morgan fingerprint density at radius 1 is 1.48 bits per heavy atom. The smallest absolute Gasteiger partial charge is 0.271 e. The number of likely N-dealkylation sites (tertiary alicyclic amines) is 1. The zero-order valence-electron chi connectivity index (χ0n) is 12.4. The second kappa shape index (κ2) is 6.47. The van der Waals surface area contributed by atoms with Gasteiger partial charge in [0.25, 0.3) is 5.91 Å². The SMILES string of the molecule is C=CC(=O)N1CCC(C(C)NC(=O)c2nccnc2C)C1. The molecular formula is C15H20N4O2. The highest BCUT2D eigenvalue weighted by molar-refractivity contribution is 5.93. The van der Waals surface area contributed by atoms with Crippen LogP contribution in [0.4, 0.5) is 0 Å². The molecule has 2 unspecified atom stereocenters. The van der Waals surface area contributed by atoms with E-state index in [0.717, 1.165) is 6.42 Å². The van der Waals surface area contributed by atoms with Crippen molar-refractivity contribution in [3.63, 3.8) is 0 Å². The number of hydrogen-bond donors (Lipinski definition) is 1. The van der Waals surface area contributed by atoms with Gasteiger partial charge in [0.1, 0.15) is 5.69 Å². The van der Waals surface area contributed by atoms with Crippen molar-refractivity contribution in [2.24, 2.45) is 5.92 Å². The molecule has 1 fully saturated rings. The molecule has 6 nitrogen and oxygen atoms in total. The van der Waals surface area contributed by atoms with Crippen molar-refractivity contribution in [3.8, 4) is 0 Å². The lowest BCUT2D eigenvalue weighted by atomic mass is 10.0. The molecule has 1 aromatic rings. The second-order valence-corrected chi connectivity index (χ2v) is 5.29. The van der Waals surface area contributed by atoms with Gasteiger partial charge in [0, 0.05) is 31.5 Å². The maximum absolute atomic E-state index is 12.2. The summed E-state index contributed by atoms with van der Waals surface area (Å²) in [6, 6.07) is -0.0264. The molecule has 6 heteroatoms. The molecule has 2 atom stereocenters. The Bertz CT molecular complexity index is 558. The summed E-state index contributed by atoms with van der Waals surface area (Å²) in [5.41, 5.74) is 0.957. The van der Waals surface area contributed by atoms with Gasteiger partial charge in [-0.1, -0.05) is 6.58 Å². The van der Waals surface area contributed by atoms with Gasteiger partial charge in [-0.25, -0.2) is 4.98 Å². The van der Waals surface area contributed by atoms with Gasteiger partial charge >= 0.3 is 0 Å². The maximum Gasteiger partial charge on any atom is 0.271 e. The lowest BCUT2D eigenvalue weighted by molar-refractivity contribution is -0.125. The highest BCUT2D eigenvalue weighted by Crippen LogP contribution is 2.20. The average Bonchev–Trinajstić information content (AvgIpc) is 2.96. The van der Waals surface area contributed by atoms with E-state index in [-0.39, 0.29) is 23.8 Å². The number of nitrogens with one attached hydrogen (secondary N) is 1. The average molecular weight is 288 g/mol. The molecule has 1 saturated heterocycles. The topological polar surface area (TPSA) is 75.2 Å². The van der Waals surface area contributed by atoms with Gasteiger partial charge in [0.05, 0.1) is 5.69 Å². The first-order chi connectivity index (χ1) is 10.0. The van der Waals surface area contributed by atoms with Crippen molar-refractivity contribution in [1.82, 2.24) is 20.2 Å². The molecule has 1 N–H and O–H groups in total. The summed E-state index contributed by atoms with van der Waals surface area (Å²) in [7, 11) is 0. The highest BCUT2D eigenvalue weighted by Gasteiger charge is 2.30. The largest absolute Gasteiger partial charge is 0.348 e. The Labute approximate surface area is 124 Å². The van der Waals surface area contributed by atoms with Crippen LogP contribution in [0.1, 0.15) is 29.5 Å². The number of hydrogen-bond acceptors (Lipinski definition) is 4. The standard InChI is InChI=1S/C15H20N4O2/c1-4-13(20)19-8-5-12(9-19)10(2)18-15(21)14-11(3)16-6-7-17-14/h4,6-7,10,12H,1,5,8-9H2,2-3H3,(H,18,21). The molecular weight excluding hydrogens is 268 g/mol. The number of aryl methyl sites for hydroxylation is 1. The first-order valence-corrected chi connectivity index (χ1v) is 7.02. The third kappa shape index (κ3) is 3.45. The van der Waals surface area contributed by atoms with Crippen LogP contribution in [-0.4, -0.2) is 45.8 Å². The van der Waals surface area contributed by atoms with Crippen molar-refractivity contribution >= 4 is 11.8 Å². The number of aromatic nitrogens is 2. The van der Waals surface area contributed by atoms with Crippen molar-refractivity contribution in [2.75, 3.05) is 13.1 Å². The molecule has 0 saturated carbocycles. The summed E-state index contributed by atoms with van der Waals surface area (Å²) in [6.45, 7) is 8.56. The minimum atomic E-state index is -0.221. The van der Waals surface area contributed by atoms with Crippen molar-refractivity contribution in [3.05, 3.63) is 36.4 Å². The molecule has 2 amide bonds. The normalized spacial score (nSPS) is 19.1. The third-order valence-corrected chi connectivity index (χ3v) is 3.87. The number of carbonyl (C=O) groups is 2. The molecule has 0 bridgehead atoms. The molecule has 112 valence electrons. The highest BCUT2D eigenvalue weighted by atomic mass is 16.2. The van der Waals surface area contributed by atoms with E-state index in [0.29, 0.717) is 24.5 Å².